The van der Waals surface area contributed by atoms with Gasteiger partial charge in [0, 0.05) is 60.0 Å². The van der Waals surface area contributed by atoms with Crippen LogP contribution in [-0.4, -0.2) is 33.2 Å². The van der Waals surface area contributed by atoms with Crippen molar-refractivity contribution >= 4 is 87.2 Å². The zero-order valence-electron chi connectivity index (χ0n) is 34.3. The first-order chi connectivity index (χ1) is 31.8. The smallest absolute Gasteiger partial charge is 0.240 e. The minimum atomic E-state index is 0.542. The molecule has 7 heteroatoms. The van der Waals surface area contributed by atoms with Gasteiger partial charge in [-0.3, -0.25) is 9.13 Å². The minimum absolute atomic E-state index is 0.542. The summed E-state index contributed by atoms with van der Waals surface area (Å²) in [5.74, 6) is 1.69. The zero-order chi connectivity index (χ0) is 41.9. The first kappa shape index (κ1) is 34.9. The van der Waals surface area contributed by atoms with Crippen molar-refractivity contribution in [3.63, 3.8) is 0 Å². The molecule has 0 atom stereocenters. The van der Waals surface area contributed by atoms with Crippen LogP contribution >= 0.6 is 0 Å². The summed E-state index contributed by atoms with van der Waals surface area (Å²) in [6, 6.07) is 75.5. The van der Waals surface area contributed by atoms with Crippen molar-refractivity contribution in [2.45, 2.75) is 0 Å². The van der Waals surface area contributed by atoms with Gasteiger partial charge in [0.2, 0.25) is 11.9 Å². The van der Waals surface area contributed by atoms with E-state index in [-0.39, 0.29) is 0 Å². The van der Waals surface area contributed by atoms with E-state index in [1.165, 1.54) is 27.2 Å². The second-order valence-corrected chi connectivity index (χ2v) is 16.4. The molecule has 0 aliphatic heterocycles. The Bertz CT molecular complexity index is 4100. The summed E-state index contributed by atoms with van der Waals surface area (Å²) in [5.41, 5.74) is 11.7. The third-order valence-electron chi connectivity index (χ3n) is 13.0. The number of nitrogens with zero attached hydrogens (tertiary/aromatic N) is 7. The van der Waals surface area contributed by atoms with Gasteiger partial charge in [0.15, 0.2) is 5.82 Å². The van der Waals surface area contributed by atoms with Crippen LogP contribution in [-0.2, 0) is 0 Å². The second-order valence-electron chi connectivity index (χ2n) is 16.4. The normalized spacial score (nSPS) is 12.1. The molecule has 9 aromatic carbocycles. The number of aromatic nitrogens is 7. The molecule has 0 aliphatic rings. The van der Waals surface area contributed by atoms with Gasteiger partial charge in [-0.15, -0.1) is 0 Å². The molecule has 14 rings (SSSR count). The van der Waals surface area contributed by atoms with Gasteiger partial charge in [-0.05, 0) is 54.6 Å². The monoisotopic (exact) mass is 817 g/mol. The van der Waals surface area contributed by atoms with Crippen molar-refractivity contribution in [3.8, 4) is 34.7 Å². The van der Waals surface area contributed by atoms with Crippen molar-refractivity contribution in [1.82, 2.24) is 33.2 Å². The maximum Gasteiger partial charge on any atom is 0.240 e. The Morgan fingerprint density at radius 2 is 0.609 bits per heavy atom. The fourth-order valence-electron chi connectivity index (χ4n) is 10.4. The number of benzene rings is 9. The van der Waals surface area contributed by atoms with Crippen LogP contribution in [0.4, 0.5) is 0 Å². The van der Waals surface area contributed by atoms with Crippen molar-refractivity contribution in [2.24, 2.45) is 0 Å². The van der Waals surface area contributed by atoms with Gasteiger partial charge < -0.3 is 9.13 Å². The largest absolute Gasteiger partial charge is 0.309 e. The van der Waals surface area contributed by atoms with E-state index >= 15 is 0 Å². The molecule has 0 amide bonds. The van der Waals surface area contributed by atoms with Gasteiger partial charge in [0.1, 0.15) is 0 Å². The van der Waals surface area contributed by atoms with Crippen LogP contribution in [0.1, 0.15) is 0 Å². The number of rotatable bonds is 5. The molecule has 0 N–H and O–H groups in total. The number of hydrogen-bond acceptors (Lipinski definition) is 3. The van der Waals surface area contributed by atoms with Crippen LogP contribution in [0, 0.1) is 0 Å². The molecule has 0 bridgehead atoms. The fraction of sp³-hybridized carbons (Fsp3) is 0. The van der Waals surface area contributed by atoms with Crippen LogP contribution < -0.4 is 0 Å². The quantitative estimate of drug-likeness (QED) is 0.174. The molecular formula is C57H35N7. The van der Waals surface area contributed by atoms with E-state index in [2.05, 4.69) is 212 Å². The highest BCUT2D eigenvalue weighted by Crippen LogP contribution is 2.42. The predicted molar refractivity (Wildman–Crippen MR) is 263 cm³/mol. The van der Waals surface area contributed by atoms with Crippen LogP contribution in [0.15, 0.2) is 212 Å². The van der Waals surface area contributed by atoms with Gasteiger partial charge in [-0.2, -0.15) is 15.0 Å². The highest BCUT2D eigenvalue weighted by molar-refractivity contribution is 6.24. The third kappa shape index (κ3) is 4.89. The van der Waals surface area contributed by atoms with E-state index in [1.54, 1.807) is 0 Å². The molecule has 14 aromatic rings. The SMILES string of the molecule is c1ccc(-c2nc(-n3c4ccccc4c4ccccc43)nc(-n3c4ccccc4c4ccc5c6ccccc6n(-c6cccc(-n7c8ccccc8c8ccccc87)c6)c5c43)n2)cc1. The summed E-state index contributed by atoms with van der Waals surface area (Å²) in [7, 11) is 0. The van der Waals surface area contributed by atoms with Crippen LogP contribution in [0.25, 0.3) is 122 Å². The molecular weight excluding hydrogens is 783 g/mol. The highest BCUT2D eigenvalue weighted by atomic mass is 15.3. The molecule has 0 unspecified atom stereocenters. The molecule has 0 spiro atoms. The predicted octanol–water partition coefficient (Wildman–Crippen LogP) is 13.9. The molecule has 0 saturated heterocycles. The molecule has 5 aromatic heterocycles. The highest BCUT2D eigenvalue weighted by Gasteiger charge is 2.25. The third-order valence-corrected chi connectivity index (χ3v) is 13.0. The summed E-state index contributed by atoms with van der Waals surface area (Å²) in [6.45, 7) is 0. The Balaban J connectivity index is 1.11. The van der Waals surface area contributed by atoms with Crippen LogP contribution in [0.2, 0.25) is 0 Å². The maximum atomic E-state index is 5.50. The molecule has 64 heavy (non-hydrogen) atoms. The van der Waals surface area contributed by atoms with E-state index < -0.39 is 0 Å². The topological polar surface area (TPSA) is 58.4 Å². The Kier molecular flexibility index (Phi) is 7.27. The Hall–Kier alpha value is -8.81. The first-order valence-electron chi connectivity index (χ1n) is 21.6. The molecule has 0 fully saturated rings. The summed E-state index contributed by atoms with van der Waals surface area (Å²) < 4.78 is 9.28. The lowest BCUT2D eigenvalue weighted by Gasteiger charge is -2.15. The van der Waals surface area contributed by atoms with Gasteiger partial charge in [-0.1, -0.05) is 158 Å². The summed E-state index contributed by atoms with van der Waals surface area (Å²) in [6.07, 6.45) is 0. The van der Waals surface area contributed by atoms with Crippen LogP contribution in [0.3, 0.4) is 0 Å². The first-order valence-corrected chi connectivity index (χ1v) is 21.6. The Morgan fingerprint density at radius 1 is 0.250 bits per heavy atom. The molecule has 0 saturated carbocycles. The molecule has 0 aliphatic carbocycles. The van der Waals surface area contributed by atoms with E-state index in [0.717, 1.165) is 77.0 Å². The molecule has 0 radical (unpaired) electrons. The zero-order valence-corrected chi connectivity index (χ0v) is 34.3. The van der Waals surface area contributed by atoms with E-state index in [4.69, 9.17) is 15.0 Å². The van der Waals surface area contributed by atoms with Crippen molar-refractivity contribution in [2.75, 3.05) is 0 Å². The number of hydrogen-bond donors (Lipinski definition) is 0. The summed E-state index contributed by atoms with van der Waals surface area (Å²) in [5, 5.41) is 9.32. The second kappa shape index (κ2) is 13.3. The average Bonchev–Trinajstić information content (AvgIpc) is 4.09. The Morgan fingerprint density at radius 3 is 1.11 bits per heavy atom. The van der Waals surface area contributed by atoms with E-state index in [9.17, 15) is 0 Å². The lowest BCUT2D eigenvalue weighted by atomic mass is 10.1. The fourth-order valence-corrected chi connectivity index (χ4v) is 10.4. The van der Waals surface area contributed by atoms with Gasteiger partial charge >= 0.3 is 0 Å². The van der Waals surface area contributed by atoms with Crippen molar-refractivity contribution in [3.05, 3.63) is 212 Å². The van der Waals surface area contributed by atoms with Crippen molar-refractivity contribution < 1.29 is 0 Å². The number of fused-ring (bicyclic) bond motifs is 13. The Labute approximate surface area is 366 Å². The van der Waals surface area contributed by atoms with E-state index in [0.29, 0.717) is 17.7 Å². The van der Waals surface area contributed by atoms with Gasteiger partial charge in [0.25, 0.3) is 0 Å². The number of para-hydroxylation sites is 6. The lowest BCUT2D eigenvalue weighted by Crippen LogP contribution is -2.10. The lowest BCUT2D eigenvalue weighted by molar-refractivity contribution is 0.893. The van der Waals surface area contributed by atoms with Gasteiger partial charge in [-0.25, -0.2) is 0 Å². The van der Waals surface area contributed by atoms with Crippen LogP contribution in [0.5, 0.6) is 0 Å². The average molecular weight is 818 g/mol. The van der Waals surface area contributed by atoms with Crippen molar-refractivity contribution in [1.29, 1.82) is 0 Å². The standard InChI is InChI=1S/C57H35N7/c1-2-17-36(18-3-1)55-58-56(63-50-30-13-6-23-41(50)42-24-7-14-31-51(42)63)60-57(59-55)64-52-32-15-9-26-44(52)46-34-33-45-43-25-8-12-29-49(43)62(53(45)54(46)64)38-20-16-19-37(35-38)61-47-27-10-4-21-39(47)40-22-5-11-28-48(40)61/h1-35H. The molecule has 7 nitrogen and oxygen atoms in total. The minimum Gasteiger partial charge on any atom is -0.309 e. The molecule has 5 heterocycles. The molecule has 298 valence electrons. The van der Waals surface area contributed by atoms with E-state index in [1.807, 2.05) is 18.2 Å². The maximum absolute atomic E-state index is 5.50. The summed E-state index contributed by atoms with van der Waals surface area (Å²) >= 11 is 0. The van der Waals surface area contributed by atoms with Gasteiger partial charge in [0.05, 0.1) is 44.1 Å². The summed E-state index contributed by atoms with van der Waals surface area (Å²) in [4.78, 5) is 16.2.